The van der Waals surface area contributed by atoms with Crippen LogP contribution in [0.15, 0.2) is 18.2 Å². The highest BCUT2D eigenvalue weighted by Crippen LogP contribution is 2.16. The summed E-state index contributed by atoms with van der Waals surface area (Å²) < 4.78 is 0. The Morgan fingerprint density at radius 1 is 1.53 bits per heavy atom. The first-order valence-electron chi connectivity index (χ1n) is 4.45. The molecule has 4 heteroatoms. The molecule has 0 unspecified atom stereocenters. The van der Waals surface area contributed by atoms with Gasteiger partial charge >= 0.3 is 0 Å². The van der Waals surface area contributed by atoms with Gasteiger partial charge in [0.15, 0.2) is 0 Å². The Hall–Kier alpha value is -1.53. The van der Waals surface area contributed by atoms with Crippen LogP contribution in [0.3, 0.4) is 0 Å². The highest BCUT2D eigenvalue weighted by molar-refractivity contribution is 6.18. The van der Waals surface area contributed by atoms with E-state index in [1.54, 1.807) is 6.07 Å². The van der Waals surface area contributed by atoms with Crippen molar-refractivity contribution in [3.63, 3.8) is 0 Å². The van der Waals surface area contributed by atoms with E-state index >= 15 is 0 Å². The molecule has 0 aliphatic rings. The maximum atomic E-state index is 10.5. The number of aryl methyl sites for hydroxylation is 1. The summed E-state index contributed by atoms with van der Waals surface area (Å²) in [6.45, 7) is 1.87. The molecule has 0 amide bonds. The SMILES string of the molecule is Cc1ccc([N+](=O)[O-])cc1C#CCCCl. The van der Waals surface area contributed by atoms with Crippen LogP contribution in [0.1, 0.15) is 17.5 Å². The molecule has 0 bridgehead atoms. The average Bonchev–Trinajstić information content (AvgIpc) is 2.20. The molecule has 0 N–H and O–H groups in total. The van der Waals surface area contributed by atoms with E-state index in [4.69, 9.17) is 11.6 Å². The Morgan fingerprint density at radius 2 is 2.27 bits per heavy atom. The van der Waals surface area contributed by atoms with Crippen molar-refractivity contribution in [3.05, 3.63) is 39.4 Å². The van der Waals surface area contributed by atoms with Gasteiger partial charge in [-0.15, -0.1) is 11.6 Å². The maximum Gasteiger partial charge on any atom is 0.270 e. The smallest absolute Gasteiger partial charge is 0.258 e. The minimum atomic E-state index is -0.424. The van der Waals surface area contributed by atoms with Crippen LogP contribution in [-0.4, -0.2) is 10.8 Å². The van der Waals surface area contributed by atoms with Crippen molar-refractivity contribution in [1.82, 2.24) is 0 Å². The lowest BCUT2D eigenvalue weighted by Crippen LogP contribution is -1.90. The van der Waals surface area contributed by atoms with Crippen LogP contribution in [0, 0.1) is 28.9 Å². The summed E-state index contributed by atoms with van der Waals surface area (Å²) in [7, 11) is 0. The van der Waals surface area contributed by atoms with Crippen molar-refractivity contribution in [2.45, 2.75) is 13.3 Å². The molecule has 1 rings (SSSR count). The number of non-ortho nitro benzene ring substituents is 1. The number of halogens is 1. The van der Waals surface area contributed by atoms with Gasteiger partial charge in [-0.3, -0.25) is 10.1 Å². The van der Waals surface area contributed by atoms with Gasteiger partial charge in [-0.1, -0.05) is 17.9 Å². The van der Waals surface area contributed by atoms with Gasteiger partial charge < -0.3 is 0 Å². The lowest BCUT2D eigenvalue weighted by molar-refractivity contribution is -0.384. The Morgan fingerprint density at radius 3 is 2.87 bits per heavy atom. The number of hydrogen-bond acceptors (Lipinski definition) is 2. The Balaban J connectivity index is 3.02. The van der Waals surface area contributed by atoms with Gasteiger partial charge in [-0.25, -0.2) is 0 Å². The fourth-order valence-corrected chi connectivity index (χ4v) is 1.16. The first-order chi connectivity index (χ1) is 7.15. The molecule has 0 aromatic heterocycles. The number of hydrogen-bond donors (Lipinski definition) is 0. The topological polar surface area (TPSA) is 43.1 Å². The van der Waals surface area contributed by atoms with E-state index < -0.39 is 4.92 Å². The largest absolute Gasteiger partial charge is 0.270 e. The van der Waals surface area contributed by atoms with Crippen molar-refractivity contribution in [2.24, 2.45) is 0 Å². The predicted molar refractivity (Wildman–Crippen MR) is 60.0 cm³/mol. The number of benzene rings is 1. The third kappa shape index (κ3) is 3.26. The van der Waals surface area contributed by atoms with Crippen molar-refractivity contribution in [1.29, 1.82) is 0 Å². The second kappa shape index (κ2) is 5.38. The molecule has 0 saturated carbocycles. The number of rotatable bonds is 2. The Labute approximate surface area is 93.2 Å². The summed E-state index contributed by atoms with van der Waals surface area (Å²) in [5, 5.41) is 10.5. The van der Waals surface area contributed by atoms with Crippen molar-refractivity contribution >= 4 is 17.3 Å². The van der Waals surface area contributed by atoms with Crippen LogP contribution in [-0.2, 0) is 0 Å². The Bertz CT molecular complexity index is 432. The molecule has 3 nitrogen and oxygen atoms in total. The van der Waals surface area contributed by atoms with Gasteiger partial charge in [0.1, 0.15) is 0 Å². The first-order valence-corrected chi connectivity index (χ1v) is 4.98. The predicted octanol–water partition coefficient (Wildman–Crippen LogP) is 2.88. The lowest BCUT2D eigenvalue weighted by Gasteiger charge is -1.97. The van der Waals surface area contributed by atoms with E-state index in [1.165, 1.54) is 12.1 Å². The van der Waals surface area contributed by atoms with Crippen LogP contribution < -0.4 is 0 Å². The zero-order valence-corrected chi connectivity index (χ0v) is 9.04. The summed E-state index contributed by atoms with van der Waals surface area (Å²) in [5.41, 5.74) is 1.69. The van der Waals surface area contributed by atoms with Gasteiger partial charge in [-0.2, -0.15) is 0 Å². The maximum absolute atomic E-state index is 10.5. The van der Waals surface area contributed by atoms with Crippen LogP contribution in [0.2, 0.25) is 0 Å². The summed E-state index contributed by atoms with van der Waals surface area (Å²) in [5.74, 6) is 6.20. The molecular weight excluding hydrogens is 214 g/mol. The standard InChI is InChI=1S/C11H10ClNO2/c1-9-5-6-11(13(14)15)8-10(9)4-2-3-7-12/h5-6,8H,3,7H2,1H3. The fourth-order valence-electron chi connectivity index (χ4n) is 1.06. The molecule has 0 radical (unpaired) electrons. The fraction of sp³-hybridized carbons (Fsp3) is 0.273. The van der Waals surface area contributed by atoms with Gasteiger partial charge in [0.2, 0.25) is 0 Å². The number of nitrogens with zero attached hydrogens (tertiary/aromatic N) is 1. The molecule has 0 fully saturated rings. The molecule has 1 aromatic rings. The molecule has 0 aliphatic heterocycles. The molecule has 0 saturated heterocycles. The minimum absolute atomic E-state index is 0.0655. The zero-order chi connectivity index (χ0) is 11.3. The van der Waals surface area contributed by atoms with Crippen LogP contribution >= 0.6 is 11.6 Å². The number of alkyl halides is 1. The lowest BCUT2D eigenvalue weighted by atomic mass is 10.1. The molecule has 0 heterocycles. The first kappa shape index (κ1) is 11.5. The summed E-state index contributed by atoms with van der Waals surface area (Å²) in [6, 6.07) is 4.65. The number of nitro groups is 1. The van der Waals surface area contributed by atoms with E-state index in [9.17, 15) is 10.1 Å². The quantitative estimate of drug-likeness (QED) is 0.335. The van der Waals surface area contributed by atoms with E-state index in [1.807, 2.05) is 6.92 Å². The second-order valence-corrected chi connectivity index (χ2v) is 3.38. The van der Waals surface area contributed by atoms with Crippen LogP contribution in [0.25, 0.3) is 0 Å². The molecule has 0 atom stereocenters. The molecular formula is C11H10ClNO2. The van der Waals surface area contributed by atoms with Gasteiger partial charge in [0.25, 0.3) is 5.69 Å². The molecule has 15 heavy (non-hydrogen) atoms. The van der Waals surface area contributed by atoms with E-state index in [-0.39, 0.29) is 5.69 Å². The molecule has 0 aliphatic carbocycles. The van der Waals surface area contributed by atoms with Crippen LogP contribution in [0.5, 0.6) is 0 Å². The molecule has 0 spiro atoms. The summed E-state index contributed by atoms with van der Waals surface area (Å²) in [4.78, 5) is 10.1. The summed E-state index contributed by atoms with van der Waals surface area (Å²) >= 11 is 5.48. The molecule has 78 valence electrons. The van der Waals surface area contributed by atoms with Gasteiger partial charge in [0, 0.05) is 30.0 Å². The van der Waals surface area contributed by atoms with Crippen LogP contribution in [0.4, 0.5) is 5.69 Å². The summed E-state index contributed by atoms with van der Waals surface area (Å²) in [6.07, 6.45) is 0.587. The molecule has 1 aromatic carbocycles. The van der Waals surface area contributed by atoms with E-state index in [2.05, 4.69) is 11.8 Å². The minimum Gasteiger partial charge on any atom is -0.258 e. The van der Waals surface area contributed by atoms with Gasteiger partial charge in [0.05, 0.1) is 4.92 Å². The third-order valence-corrected chi connectivity index (χ3v) is 2.06. The van der Waals surface area contributed by atoms with Crippen molar-refractivity contribution < 1.29 is 4.92 Å². The Kier molecular flexibility index (Phi) is 4.14. The normalized spacial score (nSPS) is 9.20. The highest BCUT2D eigenvalue weighted by atomic mass is 35.5. The van der Waals surface area contributed by atoms with Gasteiger partial charge in [-0.05, 0) is 12.5 Å². The van der Waals surface area contributed by atoms with E-state index in [0.29, 0.717) is 17.9 Å². The zero-order valence-electron chi connectivity index (χ0n) is 8.29. The average molecular weight is 224 g/mol. The van der Waals surface area contributed by atoms with Crippen molar-refractivity contribution in [3.8, 4) is 11.8 Å². The van der Waals surface area contributed by atoms with E-state index in [0.717, 1.165) is 5.56 Å². The highest BCUT2D eigenvalue weighted by Gasteiger charge is 2.06. The second-order valence-electron chi connectivity index (χ2n) is 3.00. The third-order valence-electron chi connectivity index (χ3n) is 1.87. The monoisotopic (exact) mass is 223 g/mol. The number of nitro benzene ring substituents is 1. The van der Waals surface area contributed by atoms with Crippen molar-refractivity contribution in [2.75, 3.05) is 5.88 Å².